The third-order valence-electron chi connectivity index (χ3n) is 4.63. The first-order valence-electron chi connectivity index (χ1n) is 7.67. The van der Waals surface area contributed by atoms with Crippen LogP contribution in [0.3, 0.4) is 0 Å². The number of nitrogens with two attached hydrogens (primary N) is 1. The van der Waals surface area contributed by atoms with Crippen molar-refractivity contribution in [3.63, 3.8) is 0 Å². The van der Waals surface area contributed by atoms with E-state index in [1.165, 1.54) is 19.4 Å². The minimum absolute atomic E-state index is 0.144. The smallest absolute Gasteiger partial charge is 0.216 e. The number of ether oxygens (including phenoxy) is 1. The van der Waals surface area contributed by atoms with Crippen LogP contribution in [0.25, 0.3) is 0 Å². The van der Waals surface area contributed by atoms with Crippen molar-refractivity contribution in [2.75, 3.05) is 40.8 Å². The number of nitrogens with zero attached hydrogens (tertiary/aromatic N) is 4. The summed E-state index contributed by atoms with van der Waals surface area (Å²) in [6.45, 7) is 4.88. The predicted molar refractivity (Wildman–Crippen MR) is 84.6 cm³/mol. The SMILES string of the molecule is COc1c(C(CN)N(C)C2CCCN(C)C2)c(C)nn1C. The van der Waals surface area contributed by atoms with Gasteiger partial charge in [0.05, 0.1) is 24.4 Å². The van der Waals surface area contributed by atoms with Crippen molar-refractivity contribution in [3.8, 4) is 5.88 Å². The zero-order valence-corrected chi connectivity index (χ0v) is 14.0. The van der Waals surface area contributed by atoms with Crippen LogP contribution < -0.4 is 10.5 Å². The number of aryl methyl sites for hydroxylation is 2. The molecule has 0 amide bonds. The lowest BCUT2D eigenvalue weighted by atomic mass is 9.99. The van der Waals surface area contributed by atoms with E-state index in [2.05, 4.69) is 29.0 Å². The van der Waals surface area contributed by atoms with Crippen LogP contribution in [0.5, 0.6) is 5.88 Å². The van der Waals surface area contributed by atoms with Gasteiger partial charge in [-0.1, -0.05) is 0 Å². The fourth-order valence-corrected chi connectivity index (χ4v) is 3.49. The molecule has 2 heterocycles. The maximum atomic E-state index is 6.10. The molecule has 1 aromatic heterocycles. The molecule has 1 saturated heterocycles. The molecular formula is C15H29N5O. The third-order valence-corrected chi connectivity index (χ3v) is 4.63. The van der Waals surface area contributed by atoms with Crippen LogP contribution in [-0.4, -0.2) is 66.5 Å². The summed E-state index contributed by atoms with van der Waals surface area (Å²) in [4.78, 5) is 4.80. The molecule has 1 aromatic rings. The fraction of sp³-hybridized carbons (Fsp3) is 0.800. The fourth-order valence-electron chi connectivity index (χ4n) is 3.49. The minimum atomic E-state index is 0.144. The summed E-state index contributed by atoms with van der Waals surface area (Å²) < 4.78 is 7.35. The number of methoxy groups -OCH3 is 1. The van der Waals surface area contributed by atoms with Gasteiger partial charge in [-0.3, -0.25) is 4.90 Å². The molecule has 2 atom stereocenters. The van der Waals surface area contributed by atoms with Crippen molar-refractivity contribution < 1.29 is 4.74 Å². The van der Waals surface area contributed by atoms with Crippen molar-refractivity contribution >= 4 is 0 Å². The normalized spacial score (nSPS) is 21.8. The molecule has 0 radical (unpaired) electrons. The van der Waals surface area contributed by atoms with Crippen molar-refractivity contribution in [2.45, 2.75) is 31.8 Å². The van der Waals surface area contributed by atoms with Gasteiger partial charge in [0.2, 0.25) is 5.88 Å². The quantitative estimate of drug-likeness (QED) is 0.869. The maximum Gasteiger partial charge on any atom is 0.216 e. The van der Waals surface area contributed by atoms with Gasteiger partial charge in [0.1, 0.15) is 0 Å². The van der Waals surface area contributed by atoms with Crippen LogP contribution in [0.4, 0.5) is 0 Å². The van der Waals surface area contributed by atoms with E-state index in [1.807, 2.05) is 14.0 Å². The molecular weight excluding hydrogens is 266 g/mol. The zero-order valence-electron chi connectivity index (χ0n) is 14.0. The highest BCUT2D eigenvalue weighted by atomic mass is 16.5. The minimum Gasteiger partial charge on any atom is -0.481 e. The largest absolute Gasteiger partial charge is 0.481 e. The third kappa shape index (κ3) is 3.22. The van der Waals surface area contributed by atoms with Gasteiger partial charge in [-0.25, -0.2) is 4.68 Å². The highest BCUT2D eigenvalue weighted by Crippen LogP contribution is 2.33. The molecule has 120 valence electrons. The molecule has 0 spiro atoms. The topological polar surface area (TPSA) is 59.6 Å². The average molecular weight is 295 g/mol. The van der Waals surface area contributed by atoms with E-state index >= 15 is 0 Å². The maximum absolute atomic E-state index is 6.10. The van der Waals surface area contributed by atoms with E-state index < -0.39 is 0 Å². The monoisotopic (exact) mass is 295 g/mol. The molecule has 1 aliphatic rings. The Bertz CT molecular complexity index is 473. The second kappa shape index (κ2) is 6.77. The summed E-state index contributed by atoms with van der Waals surface area (Å²) >= 11 is 0. The number of rotatable bonds is 5. The van der Waals surface area contributed by atoms with Gasteiger partial charge in [0.15, 0.2) is 0 Å². The zero-order chi connectivity index (χ0) is 15.6. The second-order valence-electron chi connectivity index (χ2n) is 6.11. The molecule has 6 nitrogen and oxygen atoms in total. The van der Waals surface area contributed by atoms with E-state index in [-0.39, 0.29) is 6.04 Å². The molecule has 2 unspecified atom stereocenters. The summed E-state index contributed by atoms with van der Waals surface area (Å²) in [5, 5.41) is 4.49. The summed E-state index contributed by atoms with van der Waals surface area (Å²) in [6.07, 6.45) is 2.46. The van der Waals surface area contributed by atoms with E-state index in [0.717, 1.165) is 23.7 Å². The van der Waals surface area contributed by atoms with Gasteiger partial charge < -0.3 is 15.4 Å². The molecule has 1 aliphatic heterocycles. The first-order valence-corrected chi connectivity index (χ1v) is 7.67. The van der Waals surface area contributed by atoms with Gasteiger partial charge in [0.25, 0.3) is 0 Å². The van der Waals surface area contributed by atoms with E-state index in [9.17, 15) is 0 Å². The number of likely N-dealkylation sites (tertiary alicyclic amines) is 1. The molecule has 0 saturated carbocycles. The van der Waals surface area contributed by atoms with Crippen LogP contribution in [0.1, 0.15) is 30.1 Å². The number of likely N-dealkylation sites (N-methyl/N-ethyl adjacent to an activating group) is 2. The lowest BCUT2D eigenvalue weighted by Gasteiger charge is -2.39. The lowest BCUT2D eigenvalue weighted by molar-refractivity contribution is 0.0995. The molecule has 1 fully saturated rings. The molecule has 0 aliphatic carbocycles. The Kier molecular flexibility index (Phi) is 5.24. The van der Waals surface area contributed by atoms with Gasteiger partial charge in [0, 0.05) is 26.2 Å². The number of aromatic nitrogens is 2. The van der Waals surface area contributed by atoms with Crippen LogP contribution in [0.2, 0.25) is 0 Å². The Balaban J connectivity index is 2.26. The predicted octanol–water partition coefficient (Wildman–Crippen LogP) is 0.763. The summed E-state index contributed by atoms with van der Waals surface area (Å²) in [6, 6.07) is 0.673. The molecule has 0 aromatic carbocycles. The Hall–Kier alpha value is -1.11. The lowest BCUT2D eigenvalue weighted by Crippen LogP contribution is -2.47. The Morgan fingerprint density at radius 2 is 2.19 bits per heavy atom. The van der Waals surface area contributed by atoms with Gasteiger partial charge >= 0.3 is 0 Å². The van der Waals surface area contributed by atoms with Crippen LogP contribution in [-0.2, 0) is 7.05 Å². The van der Waals surface area contributed by atoms with Crippen LogP contribution >= 0.6 is 0 Å². The molecule has 2 rings (SSSR count). The van der Waals surface area contributed by atoms with E-state index in [4.69, 9.17) is 10.5 Å². The number of piperidine rings is 1. The standard InChI is InChI=1S/C15H29N5O/c1-11-14(15(21-5)20(4)17-11)13(9-16)19(3)12-7-6-8-18(2)10-12/h12-13H,6-10,16H2,1-5H3. The van der Waals surface area contributed by atoms with Crippen molar-refractivity contribution in [3.05, 3.63) is 11.3 Å². The van der Waals surface area contributed by atoms with Gasteiger partial charge in [-0.2, -0.15) is 5.10 Å². The first-order chi connectivity index (χ1) is 9.99. The van der Waals surface area contributed by atoms with Crippen molar-refractivity contribution in [1.82, 2.24) is 19.6 Å². The average Bonchev–Trinajstić information content (AvgIpc) is 2.74. The Labute approximate surface area is 127 Å². The molecule has 2 N–H and O–H groups in total. The van der Waals surface area contributed by atoms with Gasteiger partial charge in [-0.05, 0) is 40.4 Å². The molecule has 6 heteroatoms. The second-order valence-corrected chi connectivity index (χ2v) is 6.11. The highest BCUT2D eigenvalue weighted by molar-refractivity contribution is 5.34. The summed E-state index contributed by atoms with van der Waals surface area (Å²) in [7, 11) is 7.97. The summed E-state index contributed by atoms with van der Waals surface area (Å²) in [5.41, 5.74) is 8.23. The van der Waals surface area contributed by atoms with E-state index in [1.54, 1.807) is 11.8 Å². The highest BCUT2D eigenvalue weighted by Gasteiger charge is 2.31. The van der Waals surface area contributed by atoms with Gasteiger partial charge in [-0.15, -0.1) is 0 Å². The van der Waals surface area contributed by atoms with Crippen LogP contribution in [0, 0.1) is 6.92 Å². The molecule has 0 bridgehead atoms. The Morgan fingerprint density at radius 1 is 1.48 bits per heavy atom. The van der Waals surface area contributed by atoms with Crippen molar-refractivity contribution in [2.24, 2.45) is 12.8 Å². The summed E-state index contributed by atoms with van der Waals surface area (Å²) in [5.74, 6) is 0.818. The van der Waals surface area contributed by atoms with Crippen molar-refractivity contribution in [1.29, 1.82) is 0 Å². The van der Waals surface area contributed by atoms with Crippen LogP contribution in [0.15, 0.2) is 0 Å². The number of hydrogen-bond acceptors (Lipinski definition) is 5. The Morgan fingerprint density at radius 3 is 2.76 bits per heavy atom. The molecule has 21 heavy (non-hydrogen) atoms. The van der Waals surface area contributed by atoms with E-state index in [0.29, 0.717) is 12.6 Å². The first kappa shape index (κ1) is 16.3. The number of hydrogen-bond donors (Lipinski definition) is 1.